The number of nitrogens with zero attached hydrogens (tertiary/aromatic N) is 1. The van der Waals surface area contributed by atoms with E-state index in [1.165, 1.54) is 5.56 Å². The maximum absolute atomic E-state index is 10.9. The number of aliphatic hydroxyl groups excluding tert-OH is 1. The van der Waals surface area contributed by atoms with Crippen LogP contribution in [-0.2, 0) is 10.8 Å². The Hall–Kier alpha value is -0.810. The van der Waals surface area contributed by atoms with Gasteiger partial charge in [0.15, 0.2) is 0 Å². The number of nitrogens with one attached hydrogen (secondary N) is 1. The molecule has 3 N–H and O–H groups in total. The van der Waals surface area contributed by atoms with Crippen molar-refractivity contribution in [3.63, 3.8) is 0 Å². The summed E-state index contributed by atoms with van der Waals surface area (Å²) < 4.78 is 0. The van der Waals surface area contributed by atoms with Crippen LogP contribution in [0.4, 0.5) is 0 Å². The summed E-state index contributed by atoms with van der Waals surface area (Å²) in [6.45, 7) is 17.0. The van der Waals surface area contributed by atoms with Crippen LogP contribution in [0, 0.1) is 0 Å². The van der Waals surface area contributed by atoms with Crippen LogP contribution in [0.1, 0.15) is 70.7 Å². The number of hydrogen-bond donors (Lipinski definition) is 3. The highest BCUT2D eigenvalue weighted by Gasteiger charge is 2.30. The molecule has 0 saturated carbocycles. The van der Waals surface area contributed by atoms with Crippen molar-refractivity contribution in [1.29, 1.82) is 0 Å². The lowest BCUT2D eigenvalue weighted by atomic mass is 9.77. The maximum atomic E-state index is 10.9. The molecule has 4 nitrogen and oxygen atoms in total. The van der Waals surface area contributed by atoms with Crippen molar-refractivity contribution < 1.29 is 10.2 Å². The van der Waals surface area contributed by atoms with Crippen LogP contribution in [0.2, 0.25) is 0 Å². The second kappa shape index (κ2) is 8.92. The summed E-state index contributed by atoms with van der Waals surface area (Å²) in [5.74, 6) is 0.423. The fourth-order valence-electron chi connectivity index (χ4n) is 3.67. The predicted molar refractivity (Wildman–Crippen MR) is 112 cm³/mol. The summed E-state index contributed by atoms with van der Waals surface area (Å²) in [6.07, 6.45) is 0.720. The van der Waals surface area contributed by atoms with Gasteiger partial charge in [0.2, 0.25) is 0 Å². The number of piperazine rings is 1. The average Bonchev–Trinajstić information content (AvgIpc) is 2.51. The zero-order valence-electron chi connectivity index (χ0n) is 17.2. The van der Waals surface area contributed by atoms with Gasteiger partial charge in [-0.05, 0) is 46.1 Å². The number of benzene rings is 1. The smallest absolute Gasteiger partial charge is 0.123 e. The van der Waals surface area contributed by atoms with E-state index < -0.39 is 0 Å². The number of hydrogen-bond acceptors (Lipinski definition) is 4. The van der Waals surface area contributed by atoms with Crippen LogP contribution in [0.3, 0.4) is 0 Å². The summed E-state index contributed by atoms with van der Waals surface area (Å²) in [7, 11) is 0. The molecule has 2 rings (SSSR count). The van der Waals surface area contributed by atoms with E-state index in [4.69, 9.17) is 0 Å². The lowest BCUT2D eigenvalue weighted by molar-refractivity contribution is 0.141. The highest BCUT2D eigenvalue weighted by molar-refractivity contribution is 5.85. The highest BCUT2D eigenvalue weighted by atomic mass is 35.5. The summed E-state index contributed by atoms with van der Waals surface area (Å²) in [6, 6.07) is 4.51. The predicted octanol–water partition coefficient (Wildman–Crippen LogP) is 3.74. The van der Waals surface area contributed by atoms with Gasteiger partial charge in [-0.2, -0.15) is 0 Å². The van der Waals surface area contributed by atoms with Gasteiger partial charge in [0, 0.05) is 38.8 Å². The number of rotatable bonds is 4. The normalized spacial score (nSPS) is 17.7. The zero-order chi connectivity index (χ0) is 18.8. The lowest BCUT2D eigenvalue weighted by Gasteiger charge is -2.37. The quantitative estimate of drug-likeness (QED) is 0.740. The van der Waals surface area contributed by atoms with Gasteiger partial charge in [-0.25, -0.2) is 0 Å². The molecule has 0 bridgehead atoms. The van der Waals surface area contributed by atoms with Crippen molar-refractivity contribution >= 4 is 12.4 Å². The van der Waals surface area contributed by atoms with E-state index in [2.05, 4.69) is 63.9 Å². The van der Waals surface area contributed by atoms with Crippen LogP contribution < -0.4 is 5.32 Å². The molecule has 1 fully saturated rings. The SMILES string of the molecule is CC(C)(C)c1cc([C@H](CCO)N2CCNCC2)cc(C(C)(C)C)c1O.Cl. The largest absolute Gasteiger partial charge is 0.507 e. The van der Waals surface area contributed by atoms with Gasteiger partial charge in [-0.1, -0.05) is 41.5 Å². The van der Waals surface area contributed by atoms with E-state index in [0.29, 0.717) is 5.75 Å². The Kier molecular flexibility index (Phi) is 7.97. The Morgan fingerprint density at radius 3 is 1.85 bits per heavy atom. The van der Waals surface area contributed by atoms with E-state index in [0.717, 1.165) is 43.7 Å². The third kappa shape index (κ3) is 5.35. The molecule has 1 aromatic carbocycles. The van der Waals surface area contributed by atoms with Gasteiger partial charge >= 0.3 is 0 Å². The minimum absolute atomic E-state index is 0. The van der Waals surface area contributed by atoms with E-state index in [1.807, 2.05) is 0 Å². The fourth-order valence-corrected chi connectivity index (χ4v) is 3.67. The van der Waals surface area contributed by atoms with Crippen LogP contribution in [-0.4, -0.2) is 47.9 Å². The van der Waals surface area contributed by atoms with Crippen molar-refractivity contribution in [2.24, 2.45) is 0 Å². The van der Waals surface area contributed by atoms with Crippen molar-refractivity contribution in [2.45, 2.75) is 64.8 Å². The summed E-state index contributed by atoms with van der Waals surface area (Å²) in [4.78, 5) is 2.46. The second-order valence-electron chi connectivity index (χ2n) is 9.28. The Balaban J connectivity index is 0.00000338. The lowest BCUT2D eigenvalue weighted by Crippen LogP contribution is -2.45. The van der Waals surface area contributed by atoms with E-state index in [1.54, 1.807) is 0 Å². The van der Waals surface area contributed by atoms with Crippen LogP contribution in [0.5, 0.6) is 5.75 Å². The number of aliphatic hydroxyl groups is 1. The standard InChI is InChI=1S/C21H36N2O2.ClH/c1-20(2,3)16-13-15(14-17(19(16)25)21(4,5)6)18(7-12-24)23-10-8-22-9-11-23;/h13-14,18,22,24-25H,7-12H2,1-6H3;1H/t18-;/m0./s1. The van der Waals surface area contributed by atoms with Gasteiger partial charge in [0.05, 0.1) is 0 Å². The van der Waals surface area contributed by atoms with Gasteiger partial charge < -0.3 is 15.5 Å². The first-order valence-corrected chi connectivity index (χ1v) is 9.49. The zero-order valence-corrected chi connectivity index (χ0v) is 18.0. The summed E-state index contributed by atoms with van der Waals surface area (Å²) >= 11 is 0. The van der Waals surface area contributed by atoms with Crippen LogP contribution in [0.25, 0.3) is 0 Å². The van der Waals surface area contributed by atoms with Crippen LogP contribution in [0.15, 0.2) is 12.1 Å². The Morgan fingerprint density at radius 2 is 1.46 bits per heavy atom. The first kappa shape index (κ1) is 23.2. The van der Waals surface area contributed by atoms with E-state index in [9.17, 15) is 10.2 Å². The second-order valence-corrected chi connectivity index (χ2v) is 9.28. The molecule has 1 atom stereocenters. The third-order valence-electron chi connectivity index (χ3n) is 5.13. The molecule has 0 unspecified atom stereocenters. The number of halogens is 1. The van der Waals surface area contributed by atoms with Gasteiger partial charge in [0.1, 0.15) is 5.75 Å². The topological polar surface area (TPSA) is 55.7 Å². The molecular weight excluding hydrogens is 348 g/mol. The number of phenols is 1. The molecule has 150 valence electrons. The van der Waals surface area contributed by atoms with Crippen molar-refractivity contribution in [1.82, 2.24) is 10.2 Å². The Bertz CT molecular complexity index is 550. The molecule has 0 aliphatic carbocycles. The van der Waals surface area contributed by atoms with Crippen LogP contribution >= 0.6 is 12.4 Å². The summed E-state index contributed by atoms with van der Waals surface area (Å²) in [5, 5.41) is 24.0. The molecular formula is C21H37ClN2O2. The van der Waals surface area contributed by atoms with Crippen molar-refractivity contribution in [3.05, 3.63) is 28.8 Å². The average molecular weight is 385 g/mol. The molecule has 26 heavy (non-hydrogen) atoms. The molecule has 0 radical (unpaired) electrons. The minimum Gasteiger partial charge on any atom is -0.507 e. The number of phenolic OH excluding ortho intramolecular Hbond substituents is 1. The maximum Gasteiger partial charge on any atom is 0.123 e. The molecule has 0 aromatic heterocycles. The summed E-state index contributed by atoms with van der Waals surface area (Å²) in [5.41, 5.74) is 2.94. The third-order valence-corrected chi connectivity index (χ3v) is 5.13. The molecule has 0 spiro atoms. The Morgan fingerprint density at radius 1 is 1.00 bits per heavy atom. The molecule has 1 aliphatic rings. The van der Waals surface area contributed by atoms with Crippen molar-refractivity contribution in [2.75, 3.05) is 32.8 Å². The van der Waals surface area contributed by atoms with E-state index in [-0.39, 0.29) is 35.9 Å². The first-order chi connectivity index (χ1) is 11.6. The first-order valence-electron chi connectivity index (χ1n) is 9.49. The molecule has 5 heteroatoms. The monoisotopic (exact) mass is 384 g/mol. The fraction of sp³-hybridized carbons (Fsp3) is 0.714. The molecule has 1 saturated heterocycles. The molecule has 1 heterocycles. The minimum atomic E-state index is -0.132. The van der Waals surface area contributed by atoms with E-state index >= 15 is 0 Å². The highest BCUT2D eigenvalue weighted by Crippen LogP contribution is 2.42. The van der Waals surface area contributed by atoms with Crippen molar-refractivity contribution in [3.8, 4) is 5.75 Å². The molecule has 1 aliphatic heterocycles. The molecule has 0 amide bonds. The van der Waals surface area contributed by atoms with Gasteiger partial charge in [-0.15, -0.1) is 12.4 Å². The molecule has 1 aromatic rings. The van der Waals surface area contributed by atoms with Gasteiger partial charge in [-0.3, -0.25) is 4.90 Å². The Labute approximate surface area is 165 Å². The number of aromatic hydroxyl groups is 1. The van der Waals surface area contributed by atoms with Gasteiger partial charge in [0.25, 0.3) is 0 Å².